The van der Waals surface area contributed by atoms with Crippen LogP contribution in [0.25, 0.3) is 0 Å². The molecule has 3 heteroatoms. The van der Waals surface area contributed by atoms with Gasteiger partial charge in [0, 0.05) is 18.0 Å². The molecule has 0 aromatic heterocycles. The van der Waals surface area contributed by atoms with E-state index >= 15 is 0 Å². The van der Waals surface area contributed by atoms with Gasteiger partial charge in [-0.15, -0.1) is 11.6 Å². The average molecular weight is 152 g/mol. The molecule has 1 N–H and O–H groups in total. The highest BCUT2D eigenvalue weighted by molar-refractivity contribution is 6.18. The van der Waals surface area contributed by atoms with Crippen molar-refractivity contribution in [3.63, 3.8) is 0 Å². The van der Waals surface area contributed by atoms with Gasteiger partial charge in [0.1, 0.15) is 6.67 Å². The smallest absolute Gasteiger partial charge is 0.102 e. The normalized spacial score (nSPS) is 22.0. The van der Waals surface area contributed by atoms with E-state index < -0.39 is 0 Å². The van der Waals surface area contributed by atoms with Gasteiger partial charge in [-0.05, 0) is 12.8 Å². The van der Waals surface area contributed by atoms with Crippen molar-refractivity contribution in [3.05, 3.63) is 0 Å². The third kappa shape index (κ3) is 1.80. The first-order chi connectivity index (χ1) is 4.33. The van der Waals surface area contributed by atoms with E-state index in [1.54, 1.807) is 0 Å². The zero-order valence-corrected chi connectivity index (χ0v) is 6.05. The molecule has 9 heavy (non-hydrogen) atoms. The lowest BCUT2D eigenvalue weighted by Crippen LogP contribution is -2.34. The Hall–Kier alpha value is 0.180. The molecule has 0 aromatic rings. The first-order valence-electron chi connectivity index (χ1n) is 3.20. The highest BCUT2D eigenvalue weighted by atomic mass is 35.5. The van der Waals surface area contributed by atoms with E-state index in [1.165, 1.54) is 0 Å². The molecule has 54 valence electrons. The van der Waals surface area contributed by atoms with Crippen LogP contribution in [0.15, 0.2) is 0 Å². The second-order valence-corrected chi connectivity index (χ2v) is 2.80. The summed E-state index contributed by atoms with van der Waals surface area (Å²) in [5.41, 5.74) is 0.119. The highest BCUT2D eigenvalue weighted by Gasteiger charge is 2.40. The van der Waals surface area contributed by atoms with Gasteiger partial charge < -0.3 is 5.32 Å². The summed E-state index contributed by atoms with van der Waals surface area (Å²) in [6.45, 7) is 0.158. The van der Waals surface area contributed by atoms with E-state index in [4.69, 9.17) is 11.6 Å². The van der Waals surface area contributed by atoms with Crippen molar-refractivity contribution >= 4 is 11.6 Å². The summed E-state index contributed by atoms with van der Waals surface area (Å²) in [4.78, 5) is 0. The maximum absolute atomic E-state index is 11.6. The molecule has 0 unspecified atom stereocenters. The first kappa shape index (κ1) is 7.29. The molecule has 0 amide bonds. The van der Waals surface area contributed by atoms with E-state index in [1.807, 2.05) is 0 Å². The molecule has 1 nitrogen and oxygen atoms in total. The van der Waals surface area contributed by atoms with E-state index in [0.29, 0.717) is 12.4 Å². The van der Waals surface area contributed by atoms with Crippen LogP contribution in [0.5, 0.6) is 0 Å². The fraction of sp³-hybridized carbons (Fsp3) is 1.00. The standard InChI is InChI=1S/C6H11ClFN/c7-5-6(1-2-6)9-4-3-8/h9H,1-5H2. The van der Waals surface area contributed by atoms with Gasteiger partial charge in [0.15, 0.2) is 0 Å². The molecule has 0 atom stereocenters. The van der Waals surface area contributed by atoms with Crippen LogP contribution in [0.4, 0.5) is 4.39 Å². The highest BCUT2D eigenvalue weighted by Crippen LogP contribution is 2.35. The molecule has 0 aliphatic heterocycles. The summed E-state index contributed by atoms with van der Waals surface area (Å²) in [7, 11) is 0. The summed E-state index contributed by atoms with van der Waals surface area (Å²) in [5.74, 6) is 0.618. The number of hydrogen-bond donors (Lipinski definition) is 1. The molecule has 1 rings (SSSR count). The van der Waals surface area contributed by atoms with Crippen LogP contribution in [0, 0.1) is 0 Å². The maximum Gasteiger partial charge on any atom is 0.102 e. The SMILES string of the molecule is FCCNC1(CCl)CC1. The Kier molecular flexibility index (Phi) is 2.30. The number of halogens is 2. The number of hydrogen-bond acceptors (Lipinski definition) is 1. The topological polar surface area (TPSA) is 12.0 Å². The van der Waals surface area contributed by atoms with Crippen molar-refractivity contribution in [2.45, 2.75) is 18.4 Å². The molecule has 1 aliphatic rings. The zero-order chi connectivity index (χ0) is 6.74. The monoisotopic (exact) mass is 151 g/mol. The van der Waals surface area contributed by atoms with E-state index in [-0.39, 0.29) is 12.2 Å². The molecule has 0 saturated heterocycles. The van der Waals surface area contributed by atoms with E-state index in [2.05, 4.69) is 5.32 Å². The van der Waals surface area contributed by atoms with Gasteiger partial charge >= 0.3 is 0 Å². The molecule has 1 saturated carbocycles. The number of nitrogens with one attached hydrogen (secondary N) is 1. The fourth-order valence-corrected chi connectivity index (χ4v) is 1.18. The lowest BCUT2D eigenvalue weighted by atomic mass is 10.3. The van der Waals surface area contributed by atoms with Crippen LogP contribution in [0.3, 0.4) is 0 Å². The number of alkyl halides is 2. The van der Waals surface area contributed by atoms with Gasteiger partial charge in [-0.3, -0.25) is 0 Å². The first-order valence-corrected chi connectivity index (χ1v) is 3.73. The van der Waals surface area contributed by atoms with Crippen molar-refractivity contribution in [1.82, 2.24) is 5.32 Å². The van der Waals surface area contributed by atoms with Crippen LogP contribution in [-0.2, 0) is 0 Å². The lowest BCUT2D eigenvalue weighted by molar-refractivity contribution is 0.434. The van der Waals surface area contributed by atoms with Gasteiger partial charge in [0.2, 0.25) is 0 Å². The van der Waals surface area contributed by atoms with Crippen LogP contribution in [-0.4, -0.2) is 24.6 Å². The molecule has 0 heterocycles. The Morgan fingerprint density at radius 2 is 2.22 bits per heavy atom. The molecular formula is C6H11ClFN. The summed E-state index contributed by atoms with van der Waals surface area (Å²) in [6.07, 6.45) is 2.22. The molecule has 0 aromatic carbocycles. The molecular weight excluding hydrogens is 141 g/mol. The Morgan fingerprint density at radius 1 is 1.56 bits per heavy atom. The third-order valence-electron chi connectivity index (χ3n) is 1.70. The quantitative estimate of drug-likeness (QED) is 0.598. The van der Waals surface area contributed by atoms with Crippen LogP contribution in [0.2, 0.25) is 0 Å². The molecule has 0 bridgehead atoms. The van der Waals surface area contributed by atoms with Gasteiger partial charge in [-0.1, -0.05) is 0 Å². The summed E-state index contributed by atoms with van der Waals surface area (Å²) < 4.78 is 11.6. The average Bonchev–Trinajstić information content (AvgIpc) is 2.65. The zero-order valence-electron chi connectivity index (χ0n) is 5.29. The Bertz CT molecular complexity index is 93.1. The summed E-state index contributed by atoms with van der Waals surface area (Å²) in [6, 6.07) is 0. The minimum atomic E-state index is -0.293. The van der Waals surface area contributed by atoms with Crippen LogP contribution < -0.4 is 5.32 Å². The predicted molar refractivity (Wildman–Crippen MR) is 36.7 cm³/mol. The van der Waals surface area contributed by atoms with E-state index in [0.717, 1.165) is 12.8 Å². The van der Waals surface area contributed by atoms with Gasteiger partial charge in [-0.25, -0.2) is 4.39 Å². The fourth-order valence-electron chi connectivity index (χ4n) is 0.821. The molecule has 1 aliphatic carbocycles. The van der Waals surface area contributed by atoms with Gasteiger partial charge in [0.05, 0.1) is 0 Å². The minimum absolute atomic E-state index is 0.119. The third-order valence-corrected chi connectivity index (χ3v) is 2.22. The van der Waals surface area contributed by atoms with Crippen molar-refractivity contribution in [2.75, 3.05) is 19.1 Å². The molecule has 0 spiro atoms. The largest absolute Gasteiger partial charge is 0.307 e. The minimum Gasteiger partial charge on any atom is -0.307 e. The van der Waals surface area contributed by atoms with Crippen molar-refractivity contribution < 1.29 is 4.39 Å². The Labute approximate surface area is 59.6 Å². The second-order valence-electron chi connectivity index (χ2n) is 2.53. The Balaban J connectivity index is 2.10. The summed E-state index contributed by atoms with van der Waals surface area (Å²) in [5, 5.41) is 3.06. The summed E-state index contributed by atoms with van der Waals surface area (Å²) >= 11 is 5.61. The maximum atomic E-state index is 11.6. The van der Waals surface area contributed by atoms with Crippen LogP contribution >= 0.6 is 11.6 Å². The Morgan fingerprint density at radius 3 is 2.56 bits per heavy atom. The second kappa shape index (κ2) is 2.84. The van der Waals surface area contributed by atoms with Crippen molar-refractivity contribution in [3.8, 4) is 0 Å². The van der Waals surface area contributed by atoms with Crippen molar-refractivity contribution in [1.29, 1.82) is 0 Å². The van der Waals surface area contributed by atoms with Gasteiger partial charge in [0.25, 0.3) is 0 Å². The lowest BCUT2D eigenvalue weighted by Gasteiger charge is -2.10. The van der Waals surface area contributed by atoms with Gasteiger partial charge in [-0.2, -0.15) is 0 Å². The van der Waals surface area contributed by atoms with Crippen LogP contribution in [0.1, 0.15) is 12.8 Å². The predicted octanol–water partition coefficient (Wildman–Crippen LogP) is 1.32. The molecule has 0 radical (unpaired) electrons. The van der Waals surface area contributed by atoms with E-state index in [9.17, 15) is 4.39 Å². The van der Waals surface area contributed by atoms with Crippen molar-refractivity contribution in [2.24, 2.45) is 0 Å². The number of rotatable bonds is 4. The molecule has 1 fully saturated rings.